The van der Waals surface area contributed by atoms with Crippen LogP contribution in [-0.4, -0.2) is 26.8 Å². The SMILES string of the molecule is Cn1cc(CCNC(=O)Cn2cc(N)ccc2=O)cn1. The maximum Gasteiger partial charge on any atom is 0.251 e. The van der Waals surface area contributed by atoms with E-state index in [0.717, 1.165) is 5.56 Å². The van der Waals surface area contributed by atoms with Crippen LogP contribution in [0.4, 0.5) is 5.69 Å². The number of carbonyl (C=O) groups is 1. The first-order valence-electron chi connectivity index (χ1n) is 6.25. The van der Waals surface area contributed by atoms with E-state index < -0.39 is 0 Å². The van der Waals surface area contributed by atoms with Crippen molar-refractivity contribution in [2.75, 3.05) is 12.3 Å². The van der Waals surface area contributed by atoms with Crippen molar-refractivity contribution in [1.82, 2.24) is 19.7 Å². The molecule has 0 bridgehead atoms. The fourth-order valence-corrected chi connectivity index (χ4v) is 1.83. The van der Waals surface area contributed by atoms with Gasteiger partial charge in [-0.15, -0.1) is 0 Å². The van der Waals surface area contributed by atoms with Gasteiger partial charge in [0.25, 0.3) is 5.56 Å². The van der Waals surface area contributed by atoms with Gasteiger partial charge < -0.3 is 15.6 Å². The van der Waals surface area contributed by atoms with Crippen molar-refractivity contribution in [3.05, 3.63) is 46.6 Å². The summed E-state index contributed by atoms with van der Waals surface area (Å²) in [5.74, 6) is -0.221. The summed E-state index contributed by atoms with van der Waals surface area (Å²) < 4.78 is 3.00. The number of pyridine rings is 1. The predicted octanol–water partition coefficient (Wildman–Crippen LogP) is -0.477. The highest BCUT2D eigenvalue weighted by atomic mass is 16.2. The van der Waals surface area contributed by atoms with E-state index in [0.29, 0.717) is 18.7 Å². The summed E-state index contributed by atoms with van der Waals surface area (Å²) in [5, 5.41) is 6.81. The predicted molar refractivity (Wildman–Crippen MR) is 75.0 cm³/mol. The topological polar surface area (TPSA) is 94.9 Å². The highest BCUT2D eigenvalue weighted by Gasteiger charge is 2.04. The third-order valence-corrected chi connectivity index (χ3v) is 2.81. The first-order chi connectivity index (χ1) is 9.54. The van der Waals surface area contributed by atoms with Gasteiger partial charge in [-0.1, -0.05) is 0 Å². The van der Waals surface area contributed by atoms with Crippen LogP contribution in [0.25, 0.3) is 0 Å². The molecule has 0 aliphatic rings. The molecule has 7 heteroatoms. The van der Waals surface area contributed by atoms with Gasteiger partial charge in [-0.05, 0) is 18.1 Å². The number of nitrogens with two attached hydrogens (primary N) is 1. The van der Waals surface area contributed by atoms with Gasteiger partial charge >= 0.3 is 0 Å². The highest BCUT2D eigenvalue weighted by Crippen LogP contribution is 1.97. The van der Waals surface area contributed by atoms with Crippen molar-refractivity contribution < 1.29 is 4.79 Å². The largest absolute Gasteiger partial charge is 0.398 e. The molecule has 0 saturated heterocycles. The van der Waals surface area contributed by atoms with E-state index in [1.54, 1.807) is 10.9 Å². The third-order valence-electron chi connectivity index (χ3n) is 2.81. The molecular weight excluding hydrogens is 258 g/mol. The number of carbonyl (C=O) groups excluding carboxylic acids is 1. The van der Waals surface area contributed by atoms with Crippen LogP contribution < -0.4 is 16.6 Å². The summed E-state index contributed by atoms with van der Waals surface area (Å²) in [6.07, 6.45) is 5.82. The number of rotatable bonds is 5. The van der Waals surface area contributed by atoms with Gasteiger partial charge in [0.05, 0.1) is 6.20 Å². The normalized spacial score (nSPS) is 10.4. The molecule has 0 radical (unpaired) electrons. The molecule has 0 fully saturated rings. The number of hydrogen-bond donors (Lipinski definition) is 2. The lowest BCUT2D eigenvalue weighted by Gasteiger charge is -2.07. The molecule has 2 aromatic rings. The smallest absolute Gasteiger partial charge is 0.251 e. The number of nitrogens with zero attached hydrogens (tertiary/aromatic N) is 3. The van der Waals surface area contributed by atoms with E-state index >= 15 is 0 Å². The van der Waals surface area contributed by atoms with Crippen LogP contribution in [0.5, 0.6) is 0 Å². The monoisotopic (exact) mass is 275 g/mol. The Kier molecular flexibility index (Phi) is 4.19. The molecule has 0 atom stereocenters. The molecule has 0 aliphatic carbocycles. The zero-order valence-electron chi connectivity index (χ0n) is 11.2. The van der Waals surface area contributed by atoms with Crippen molar-refractivity contribution in [2.45, 2.75) is 13.0 Å². The van der Waals surface area contributed by atoms with E-state index in [1.165, 1.54) is 22.9 Å². The lowest BCUT2D eigenvalue weighted by Crippen LogP contribution is -2.33. The standard InChI is InChI=1S/C13H17N5O2/c1-17-7-10(6-16-17)4-5-15-12(19)9-18-8-11(14)2-3-13(18)20/h2-3,6-8H,4-5,9,14H2,1H3,(H,15,19). The zero-order chi connectivity index (χ0) is 14.5. The van der Waals surface area contributed by atoms with E-state index in [2.05, 4.69) is 10.4 Å². The van der Waals surface area contributed by atoms with Crippen molar-refractivity contribution in [3.63, 3.8) is 0 Å². The second kappa shape index (κ2) is 6.05. The summed E-state index contributed by atoms with van der Waals surface area (Å²) in [6, 6.07) is 2.86. The Hall–Kier alpha value is -2.57. The molecule has 106 valence electrons. The second-order valence-electron chi connectivity index (χ2n) is 4.55. The molecule has 0 spiro atoms. The average molecular weight is 275 g/mol. The Morgan fingerprint density at radius 3 is 2.90 bits per heavy atom. The van der Waals surface area contributed by atoms with Gasteiger partial charge in [0.15, 0.2) is 0 Å². The minimum absolute atomic E-state index is 0.0308. The molecule has 2 heterocycles. The molecule has 0 unspecified atom stereocenters. The number of nitrogen functional groups attached to an aromatic ring is 1. The van der Waals surface area contributed by atoms with Crippen LogP contribution in [0.2, 0.25) is 0 Å². The molecule has 0 saturated carbocycles. The third kappa shape index (κ3) is 3.71. The zero-order valence-corrected chi connectivity index (χ0v) is 11.2. The number of nitrogens with one attached hydrogen (secondary N) is 1. The minimum Gasteiger partial charge on any atom is -0.398 e. The summed E-state index contributed by atoms with van der Waals surface area (Å²) in [5.41, 5.74) is 6.83. The van der Waals surface area contributed by atoms with Crippen LogP contribution in [0.1, 0.15) is 5.56 Å². The Bertz CT molecular complexity index is 659. The van der Waals surface area contributed by atoms with Gasteiger partial charge in [-0.25, -0.2) is 0 Å². The van der Waals surface area contributed by atoms with E-state index in [9.17, 15) is 9.59 Å². The fourth-order valence-electron chi connectivity index (χ4n) is 1.83. The Labute approximate surface area is 116 Å². The Morgan fingerprint density at radius 2 is 2.20 bits per heavy atom. The first kappa shape index (κ1) is 13.9. The Balaban J connectivity index is 1.83. The maximum atomic E-state index is 11.7. The number of aromatic nitrogens is 3. The maximum absolute atomic E-state index is 11.7. The molecule has 2 aromatic heterocycles. The lowest BCUT2D eigenvalue weighted by atomic mass is 10.2. The summed E-state index contributed by atoms with van der Waals surface area (Å²) in [6.45, 7) is 0.471. The molecular formula is C13H17N5O2. The summed E-state index contributed by atoms with van der Waals surface area (Å²) in [7, 11) is 1.84. The van der Waals surface area contributed by atoms with Crippen molar-refractivity contribution in [1.29, 1.82) is 0 Å². The van der Waals surface area contributed by atoms with Gasteiger partial charge in [0.1, 0.15) is 6.54 Å². The molecule has 3 N–H and O–H groups in total. The fraction of sp³-hybridized carbons (Fsp3) is 0.308. The average Bonchev–Trinajstić information content (AvgIpc) is 2.80. The van der Waals surface area contributed by atoms with Crippen molar-refractivity contribution >= 4 is 11.6 Å². The molecule has 20 heavy (non-hydrogen) atoms. The highest BCUT2D eigenvalue weighted by molar-refractivity contribution is 5.75. The van der Waals surface area contributed by atoms with Crippen LogP contribution in [-0.2, 0) is 24.8 Å². The van der Waals surface area contributed by atoms with Gasteiger partial charge in [-0.3, -0.25) is 14.3 Å². The van der Waals surface area contributed by atoms with Crippen LogP contribution >= 0.6 is 0 Å². The first-order valence-corrected chi connectivity index (χ1v) is 6.25. The van der Waals surface area contributed by atoms with E-state index in [1.807, 2.05) is 13.2 Å². The van der Waals surface area contributed by atoms with Crippen LogP contribution in [0.15, 0.2) is 35.5 Å². The molecule has 0 aliphatic heterocycles. The molecule has 0 aromatic carbocycles. The van der Waals surface area contributed by atoms with Gasteiger partial charge in [-0.2, -0.15) is 5.10 Å². The van der Waals surface area contributed by atoms with E-state index in [4.69, 9.17) is 5.73 Å². The molecule has 2 rings (SSSR count). The van der Waals surface area contributed by atoms with E-state index in [-0.39, 0.29) is 18.0 Å². The minimum atomic E-state index is -0.249. The van der Waals surface area contributed by atoms with Gasteiger partial charge in [0, 0.05) is 37.7 Å². The van der Waals surface area contributed by atoms with Crippen LogP contribution in [0, 0.1) is 0 Å². The lowest BCUT2D eigenvalue weighted by molar-refractivity contribution is -0.121. The second-order valence-corrected chi connectivity index (χ2v) is 4.55. The summed E-state index contributed by atoms with van der Waals surface area (Å²) >= 11 is 0. The summed E-state index contributed by atoms with van der Waals surface area (Å²) in [4.78, 5) is 23.3. The Morgan fingerprint density at radius 1 is 1.40 bits per heavy atom. The number of anilines is 1. The van der Waals surface area contributed by atoms with Gasteiger partial charge in [0.2, 0.25) is 5.91 Å². The molecule has 7 nitrogen and oxygen atoms in total. The quantitative estimate of drug-likeness (QED) is 0.770. The van der Waals surface area contributed by atoms with Crippen LogP contribution in [0.3, 0.4) is 0 Å². The van der Waals surface area contributed by atoms with Crippen molar-refractivity contribution in [3.8, 4) is 0 Å². The number of aryl methyl sites for hydroxylation is 1. The number of hydrogen-bond acceptors (Lipinski definition) is 4. The molecule has 1 amide bonds. The van der Waals surface area contributed by atoms with Crippen molar-refractivity contribution in [2.24, 2.45) is 7.05 Å². The number of amides is 1.